The van der Waals surface area contributed by atoms with Crippen molar-refractivity contribution in [3.8, 4) is 0 Å². The molecule has 1 aliphatic heterocycles. The molecule has 1 aliphatic rings. The molecule has 0 aromatic heterocycles. The average Bonchev–Trinajstić information content (AvgIpc) is 2.13. The van der Waals surface area contributed by atoms with Crippen molar-refractivity contribution in [2.24, 2.45) is 0 Å². The minimum absolute atomic E-state index is 0.0203. The summed E-state index contributed by atoms with van der Waals surface area (Å²) in [6.45, 7) is 3.57. The van der Waals surface area contributed by atoms with E-state index in [4.69, 9.17) is 0 Å². The predicted octanol–water partition coefficient (Wildman–Crippen LogP) is -0.338. The van der Waals surface area contributed by atoms with Gasteiger partial charge in [0.05, 0.1) is 0 Å². The first kappa shape index (κ1) is 10.1. The molecule has 0 saturated carbocycles. The van der Waals surface area contributed by atoms with Crippen LogP contribution < -0.4 is 0 Å². The smallest absolute Gasteiger partial charge is 0.270 e. The van der Waals surface area contributed by atoms with Crippen LogP contribution in [-0.4, -0.2) is 48.5 Å². The second-order valence-electron chi connectivity index (χ2n) is 3.21. The lowest BCUT2D eigenvalue weighted by Gasteiger charge is -2.36. The van der Waals surface area contributed by atoms with Gasteiger partial charge in [-0.25, -0.2) is 0 Å². The third kappa shape index (κ3) is 1.84. The van der Waals surface area contributed by atoms with Crippen molar-refractivity contribution in [3.63, 3.8) is 0 Å². The van der Waals surface area contributed by atoms with E-state index in [-0.39, 0.29) is 17.9 Å². The molecule has 1 heterocycles. The number of hydrogen-bond acceptors (Lipinski definition) is 2. The Balaban J connectivity index is 2.69. The molecule has 5 heteroatoms. The zero-order chi connectivity index (χ0) is 10.0. The Bertz CT molecular complexity index is 232. The van der Waals surface area contributed by atoms with E-state index in [0.717, 1.165) is 0 Å². The maximum absolute atomic E-state index is 11.5. The summed E-state index contributed by atoms with van der Waals surface area (Å²) in [7, 11) is 3.45. The lowest BCUT2D eigenvalue weighted by atomic mass is 9.85. The van der Waals surface area contributed by atoms with Crippen LogP contribution in [0.5, 0.6) is 0 Å². The number of hydrogen-bond donors (Lipinski definition) is 0. The molecule has 0 aliphatic carbocycles. The van der Waals surface area contributed by atoms with Crippen LogP contribution in [-0.2, 0) is 9.59 Å². The largest absolute Gasteiger partial charge is 0.390 e. The molecule has 1 atom stereocenters. The molecule has 71 valence electrons. The highest BCUT2D eigenvalue weighted by Crippen LogP contribution is 2.09. The van der Waals surface area contributed by atoms with Gasteiger partial charge in [0.15, 0.2) is 0 Å². The van der Waals surface area contributed by atoms with Gasteiger partial charge in [-0.3, -0.25) is 9.59 Å². The van der Waals surface area contributed by atoms with Gasteiger partial charge in [-0.2, -0.15) is 0 Å². The molecule has 0 aromatic carbocycles. The molecular formula is C8H14BN2O2. The maximum Gasteiger partial charge on any atom is 0.270 e. The molecule has 0 bridgehead atoms. The van der Waals surface area contributed by atoms with Crippen LogP contribution in [0.1, 0.15) is 20.3 Å². The van der Waals surface area contributed by atoms with Gasteiger partial charge in [-0.15, -0.1) is 0 Å². The van der Waals surface area contributed by atoms with E-state index < -0.39 is 0 Å². The van der Waals surface area contributed by atoms with Crippen molar-refractivity contribution in [3.05, 3.63) is 0 Å². The van der Waals surface area contributed by atoms with Crippen molar-refractivity contribution in [1.82, 2.24) is 9.71 Å². The average molecular weight is 181 g/mol. The van der Waals surface area contributed by atoms with Crippen molar-refractivity contribution in [1.29, 1.82) is 0 Å². The number of carbonyl (C=O) groups is 2. The molecule has 1 fully saturated rings. The zero-order valence-electron chi connectivity index (χ0n) is 8.28. The quantitative estimate of drug-likeness (QED) is 0.519. The Hall–Kier alpha value is -0.995. The first-order valence-electron chi connectivity index (χ1n) is 4.47. The summed E-state index contributed by atoms with van der Waals surface area (Å²) in [5.41, 5.74) is 0. The van der Waals surface area contributed by atoms with Crippen molar-refractivity contribution in [2.45, 2.75) is 26.3 Å². The van der Waals surface area contributed by atoms with Gasteiger partial charge in [0.2, 0.25) is 11.8 Å². The van der Waals surface area contributed by atoms with E-state index in [1.54, 1.807) is 38.0 Å². The van der Waals surface area contributed by atoms with E-state index in [1.807, 2.05) is 0 Å². The first-order chi connectivity index (χ1) is 6.07. The highest BCUT2D eigenvalue weighted by molar-refractivity contribution is 6.38. The summed E-state index contributed by atoms with van der Waals surface area (Å²) in [5.74, 6) is 0.0123. The molecule has 13 heavy (non-hydrogen) atoms. The van der Waals surface area contributed by atoms with Crippen LogP contribution in [0.3, 0.4) is 0 Å². The van der Waals surface area contributed by atoms with Gasteiger partial charge in [0, 0.05) is 12.9 Å². The minimum atomic E-state index is -0.317. The molecular weight excluding hydrogens is 167 g/mol. The highest BCUT2D eigenvalue weighted by atomic mass is 16.2. The van der Waals surface area contributed by atoms with Gasteiger partial charge in [-0.05, 0) is 14.0 Å². The third-order valence-electron chi connectivity index (χ3n) is 2.35. The van der Waals surface area contributed by atoms with E-state index >= 15 is 0 Å². The normalized spacial score (nSPS) is 23.0. The Kier molecular flexibility index (Phi) is 2.96. The molecule has 0 N–H and O–H groups in total. The molecule has 1 saturated heterocycles. The van der Waals surface area contributed by atoms with Gasteiger partial charge < -0.3 is 9.71 Å². The fourth-order valence-electron chi connectivity index (χ4n) is 1.41. The second-order valence-corrected chi connectivity index (χ2v) is 3.21. The zero-order valence-corrected chi connectivity index (χ0v) is 8.28. The van der Waals surface area contributed by atoms with E-state index in [0.29, 0.717) is 12.9 Å². The fourth-order valence-corrected chi connectivity index (χ4v) is 1.41. The standard InChI is InChI=1S/C8H14BN2O2/c1-4-7(12)11-5-9-10(3)8(13)6(11)2/h6H,4-5H2,1-3H3. The summed E-state index contributed by atoms with van der Waals surface area (Å²) in [5, 5.41) is 0. The molecule has 0 aromatic rings. The van der Waals surface area contributed by atoms with E-state index in [1.165, 1.54) is 0 Å². The van der Waals surface area contributed by atoms with E-state index in [9.17, 15) is 9.59 Å². The summed E-state index contributed by atoms with van der Waals surface area (Å²) in [6, 6.07) is -0.317. The highest BCUT2D eigenvalue weighted by Gasteiger charge is 2.32. The summed E-state index contributed by atoms with van der Waals surface area (Å²) in [6.07, 6.45) is 0.991. The fraction of sp³-hybridized carbons (Fsp3) is 0.750. The van der Waals surface area contributed by atoms with Gasteiger partial charge in [0.1, 0.15) is 6.04 Å². The molecule has 1 radical (unpaired) electrons. The van der Waals surface area contributed by atoms with Crippen LogP contribution in [0.2, 0.25) is 0 Å². The second kappa shape index (κ2) is 3.81. The van der Waals surface area contributed by atoms with Crippen LogP contribution in [0.25, 0.3) is 0 Å². The lowest BCUT2D eigenvalue weighted by Crippen LogP contribution is -2.57. The number of nitrogens with zero attached hydrogens (tertiary/aromatic N) is 2. The van der Waals surface area contributed by atoms with Crippen LogP contribution in [0, 0.1) is 0 Å². The van der Waals surface area contributed by atoms with Crippen LogP contribution in [0.15, 0.2) is 0 Å². The van der Waals surface area contributed by atoms with Crippen LogP contribution >= 0.6 is 0 Å². The molecule has 1 rings (SSSR count). The number of carbonyl (C=O) groups excluding carboxylic acids is 2. The Labute approximate surface area is 79.1 Å². The van der Waals surface area contributed by atoms with Crippen molar-refractivity contribution in [2.75, 3.05) is 13.5 Å². The van der Waals surface area contributed by atoms with Gasteiger partial charge >= 0.3 is 0 Å². The monoisotopic (exact) mass is 181 g/mol. The Morgan fingerprint density at radius 1 is 1.69 bits per heavy atom. The van der Waals surface area contributed by atoms with Gasteiger partial charge in [-0.1, -0.05) is 6.92 Å². The minimum Gasteiger partial charge on any atom is -0.390 e. The summed E-state index contributed by atoms with van der Waals surface area (Å²) in [4.78, 5) is 26.0. The predicted molar refractivity (Wildman–Crippen MR) is 50.0 cm³/mol. The third-order valence-corrected chi connectivity index (χ3v) is 2.35. The molecule has 2 amide bonds. The number of rotatable bonds is 1. The Morgan fingerprint density at radius 3 is 2.85 bits per heavy atom. The summed E-state index contributed by atoms with van der Waals surface area (Å²) < 4.78 is 0. The first-order valence-corrected chi connectivity index (χ1v) is 4.47. The maximum atomic E-state index is 11.5. The summed E-state index contributed by atoms with van der Waals surface area (Å²) >= 11 is 0. The lowest BCUT2D eigenvalue weighted by molar-refractivity contribution is -0.142. The molecule has 0 spiro atoms. The number of likely N-dealkylation sites (N-methyl/N-ethyl adjacent to an activating group) is 1. The number of amides is 2. The van der Waals surface area contributed by atoms with Gasteiger partial charge in [0.25, 0.3) is 7.41 Å². The van der Waals surface area contributed by atoms with Crippen molar-refractivity contribution < 1.29 is 9.59 Å². The molecule has 4 nitrogen and oxygen atoms in total. The topological polar surface area (TPSA) is 40.6 Å². The Morgan fingerprint density at radius 2 is 2.31 bits per heavy atom. The van der Waals surface area contributed by atoms with Crippen molar-refractivity contribution >= 4 is 19.2 Å². The van der Waals surface area contributed by atoms with E-state index in [2.05, 4.69) is 0 Å². The SMILES string of the molecule is CCC(=O)N1C[B]N(C)C(=O)C1C. The van der Waals surface area contributed by atoms with Crippen LogP contribution in [0.4, 0.5) is 0 Å². The molecule has 1 unspecified atom stereocenters.